The number of nitrogens with zero attached hydrogens (tertiary/aromatic N) is 6. The summed E-state index contributed by atoms with van der Waals surface area (Å²) < 4.78 is 14.6. The van der Waals surface area contributed by atoms with Gasteiger partial charge in [-0.2, -0.15) is 21.0 Å². The molecule has 0 fully saturated rings. The fourth-order valence-electron chi connectivity index (χ4n) is 5.91. The van der Waals surface area contributed by atoms with Gasteiger partial charge in [-0.3, -0.25) is 14.4 Å². The van der Waals surface area contributed by atoms with E-state index in [1.807, 2.05) is 24.3 Å². The van der Waals surface area contributed by atoms with Crippen molar-refractivity contribution in [3.63, 3.8) is 0 Å². The molecule has 0 aliphatic rings. The molecule has 2 N–H and O–H groups in total. The largest absolute Gasteiger partial charge is 0.478 e. The molecule has 4 aromatic rings. The van der Waals surface area contributed by atoms with E-state index in [1.165, 1.54) is 58.3 Å². The van der Waals surface area contributed by atoms with Gasteiger partial charge in [0.25, 0.3) is 11.8 Å². The number of hydrogen-bond donors (Lipinski definition) is 2. The van der Waals surface area contributed by atoms with Crippen molar-refractivity contribution < 1.29 is 62.8 Å². The number of carboxylic acids is 2. The minimum Gasteiger partial charge on any atom is -0.478 e. The third kappa shape index (κ3) is 20.3. The van der Waals surface area contributed by atoms with Crippen LogP contribution < -0.4 is 0 Å². The molecule has 0 saturated heterocycles. The Morgan fingerprint density at radius 3 is 0.901 bits per heavy atom. The van der Waals surface area contributed by atoms with Gasteiger partial charge in [0.05, 0.1) is 97.6 Å². The molecule has 370 valence electrons. The first-order valence-electron chi connectivity index (χ1n) is 21.6. The Morgan fingerprint density at radius 2 is 0.648 bits per heavy atom. The third-order valence-corrected chi connectivity index (χ3v) is 9.08. The molecule has 19 heteroatoms. The van der Waals surface area contributed by atoms with Crippen molar-refractivity contribution in [1.29, 1.82) is 21.0 Å². The lowest BCUT2D eigenvalue weighted by Gasteiger charge is -2.12. The van der Waals surface area contributed by atoms with Crippen LogP contribution in [0.1, 0.15) is 139 Å². The second kappa shape index (κ2) is 31.0. The second-order valence-electron chi connectivity index (χ2n) is 15.0. The van der Waals surface area contributed by atoms with Crippen molar-refractivity contribution >= 4 is 47.4 Å². The number of benzene rings is 4. The lowest BCUT2D eigenvalue weighted by molar-refractivity contribution is 0.0516. The molecule has 2 amide bonds. The third-order valence-electron chi connectivity index (χ3n) is 9.08. The van der Waals surface area contributed by atoms with Crippen molar-refractivity contribution in [2.24, 2.45) is 0 Å². The maximum absolute atomic E-state index is 11.9. The van der Waals surface area contributed by atoms with Crippen LogP contribution in [-0.2, 0) is 39.9 Å². The highest BCUT2D eigenvalue weighted by atomic mass is 16.5. The molecule has 0 heterocycles. The summed E-state index contributed by atoms with van der Waals surface area (Å²) in [6, 6.07) is 25.6. The van der Waals surface area contributed by atoms with Crippen LogP contribution in [0.4, 0.5) is 0 Å². The zero-order valence-corrected chi connectivity index (χ0v) is 40.7. The van der Waals surface area contributed by atoms with Crippen molar-refractivity contribution in [2.45, 2.75) is 59.8 Å². The van der Waals surface area contributed by atoms with Gasteiger partial charge in [0, 0.05) is 51.3 Å². The SMILES string of the molecule is CCOC(=O)c1cc(CC#N)cc(C(=O)CC)c1.CCOC(=O)c1cc(CC#N)cc(C(=O)N(C)C)c1.CCOC(=O)c1cc(CC#N)cc(C(=O)O)c1.CN(C)C(=O)c1cc(CC#N)cc(C(=O)O)c1. The monoisotopic (exact) mass is 970 g/mol. The number of esters is 3. The highest BCUT2D eigenvalue weighted by Crippen LogP contribution is 2.17. The molecule has 0 saturated carbocycles. The normalized spacial score (nSPS) is 9.52. The van der Waals surface area contributed by atoms with Gasteiger partial charge in [-0.25, -0.2) is 24.0 Å². The van der Waals surface area contributed by atoms with Crippen molar-refractivity contribution in [2.75, 3.05) is 48.0 Å². The molecule has 0 aliphatic carbocycles. The Hall–Kier alpha value is -9.20. The van der Waals surface area contributed by atoms with E-state index >= 15 is 0 Å². The topological polar surface area (TPSA) is 306 Å². The van der Waals surface area contributed by atoms with Crippen LogP contribution in [-0.4, -0.2) is 115 Å². The van der Waals surface area contributed by atoms with E-state index in [0.717, 1.165) is 0 Å². The highest BCUT2D eigenvalue weighted by molar-refractivity contribution is 6.00. The van der Waals surface area contributed by atoms with Gasteiger partial charge in [0.1, 0.15) is 0 Å². The van der Waals surface area contributed by atoms with E-state index < -0.39 is 29.8 Å². The summed E-state index contributed by atoms with van der Waals surface area (Å²) in [5.74, 6) is -4.36. The van der Waals surface area contributed by atoms with Crippen LogP contribution in [0.15, 0.2) is 72.8 Å². The quantitative estimate of drug-likeness (QED) is 0.0653. The molecule has 19 nitrogen and oxygen atoms in total. The number of amides is 2. The number of ether oxygens (including phenoxy) is 3. The first-order chi connectivity index (χ1) is 33.6. The summed E-state index contributed by atoms with van der Waals surface area (Å²) in [6.45, 7) is 7.59. The van der Waals surface area contributed by atoms with Crippen LogP contribution >= 0.6 is 0 Å². The highest BCUT2D eigenvalue weighted by Gasteiger charge is 2.17. The van der Waals surface area contributed by atoms with E-state index in [9.17, 15) is 38.4 Å². The lowest BCUT2D eigenvalue weighted by atomic mass is 10.0. The molecule has 71 heavy (non-hydrogen) atoms. The van der Waals surface area contributed by atoms with Gasteiger partial charge < -0.3 is 34.2 Å². The molecule has 4 rings (SSSR count). The summed E-state index contributed by atoms with van der Waals surface area (Å²) in [6.07, 6.45) is 0.790. The number of ketones is 1. The van der Waals surface area contributed by atoms with Crippen molar-refractivity contribution in [1.82, 2.24) is 9.80 Å². The van der Waals surface area contributed by atoms with Crippen molar-refractivity contribution in [3.05, 3.63) is 140 Å². The molecule has 0 radical (unpaired) electrons. The van der Waals surface area contributed by atoms with E-state index in [0.29, 0.717) is 50.9 Å². The average molecular weight is 971 g/mol. The van der Waals surface area contributed by atoms with E-state index in [1.54, 1.807) is 80.2 Å². The molecule has 0 atom stereocenters. The van der Waals surface area contributed by atoms with Gasteiger partial charge in [-0.1, -0.05) is 6.92 Å². The number of hydrogen-bond acceptors (Lipinski definition) is 15. The molecule has 0 spiro atoms. The minimum absolute atomic E-state index is 0.0166. The van der Waals surface area contributed by atoms with E-state index in [4.69, 9.17) is 45.5 Å². The molecule has 0 aromatic heterocycles. The number of Topliss-reactive ketones (excluding diaryl/α,β-unsaturated/α-hetero) is 1. The molecule has 0 unspecified atom stereocenters. The maximum Gasteiger partial charge on any atom is 0.338 e. The minimum atomic E-state index is -1.14. The zero-order chi connectivity index (χ0) is 53.8. The van der Waals surface area contributed by atoms with Gasteiger partial charge in [0.15, 0.2) is 5.78 Å². The van der Waals surface area contributed by atoms with Crippen LogP contribution in [0, 0.1) is 45.3 Å². The van der Waals surface area contributed by atoms with Crippen LogP contribution in [0.2, 0.25) is 0 Å². The van der Waals surface area contributed by atoms with Gasteiger partial charge in [0.2, 0.25) is 0 Å². The van der Waals surface area contributed by atoms with Crippen LogP contribution in [0.25, 0.3) is 0 Å². The van der Waals surface area contributed by atoms with Crippen LogP contribution in [0.3, 0.4) is 0 Å². The smallest absolute Gasteiger partial charge is 0.338 e. The first-order valence-corrected chi connectivity index (χ1v) is 21.6. The maximum atomic E-state index is 11.9. The fourth-order valence-corrected chi connectivity index (χ4v) is 5.91. The van der Waals surface area contributed by atoms with Gasteiger partial charge >= 0.3 is 29.8 Å². The Balaban J connectivity index is 0.000000474. The second-order valence-corrected chi connectivity index (χ2v) is 15.0. The summed E-state index contributed by atoms with van der Waals surface area (Å²) in [5.41, 5.74) is 4.14. The number of carboxylic acid groups (broad SMARTS) is 2. The Kier molecular flexibility index (Phi) is 26.1. The molecular formula is C52H54N6O13. The molecule has 4 aromatic carbocycles. The van der Waals surface area contributed by atoms with E-state index in [2.05, 4.69) is 0 Å². The van der Waals surface area contributed by atoms with Gasteiger partial charge in [-0.05, 0) is 116 Å². The number of carbonyl (C=O) groups excluding carboxylic acids is 6. The Labute approximate surface area is 411 Å². The standard InChI is InChI=1S/C14H16N2O3.C14H15NO3.C12H12N2O3.C12H11NO4/c1-4-19-14(18)12-8-10(5-6-15)7-11(9-12)13(17)16(2)3;1-3-13(16)11-7-10(5-6-15)8-12(9-11)14(17)18-4-2;1-14(2)11(15)9-5-8(3-4-13)6-10(7-9)12(16)17;1-2-17-12(16)10-6-8(3-4-13)5-9(7-10)11(14)15/h7-9H,4-5H2,1-3H3;7-9H,3-5H2,1-2H3;5-7H,3H2,1-2H3,(H,16,17);5-7H,2-3H2,1H3,(H,14,15). The molecule has 0 aliphatic heterocycles. The zero-order valence-electron chi connectivity index (χ0n) is 40.7. The average Bonchev–Trinajstić information content (AvgIpc) is 3.34. The summed E-state index contributed by atoms with van der Waals surface area (Å²) in [7, 11) is 6.42. The van der Waals surface area contributed by atoms with Gasteiger partial charge in [-0.15, -0.1) is 0 Å². The Morgan fingerprint density at radius 1 is 0.408 bits per heavy atom. The van der Waals surface area contributed by atoms with E-state index in [-0.39, 0.29) is 85.4 Å². The number of aromatic carboxylic acids is 2. The predicted octanol–water partition coefficient (Wildman–Crippen LogP) is 6.93. The number of rotatable bonds is 16. The summed E-state index contributed by atoms with van der Waals surface area (Å²) in [5, 5.41) is 52.4. The van der Waals surface area contributed by atoms with Crippen molar-refractivity contribution in [3.8, 4) is 24.3 Å². The Bertz CT molecular complexity index is 2770. The summed E-state index contributed by atoms with van der Waals surface area (Å²) >= 11 is 0. The summed E-state index contributed by atoms with van der Waals surface area (Å²) in [4.78, 5) is 94.7. The number of nitriles is 4. The van der Waals surface area contributed by atoms with Crippen LogP contribution in [0.5, 0.6) is 0 Å². The first kappa shape index (κ1) is 59.8. The lowest BCUT2D eigenvalue weighted by Crippen LogP contribution is -2.22. The predicted molar refractivity (Wildman–Crippen MR) is 255 cm³/mol. The number of carbonyl (C=O) groups is 8. The molecule has 0 bridgehead atoms. The fraction of sp³-hybridized carbons (Fsp3) is 0.308. The molecular weight excluding hydrogens is 917 g/mol.